The minimum Gasteiger partial charge on any atom is -0.390 e. The van der Waals surface area contributed by atoms with E-state index in [1.807, 2.05) is 31.2 Å². The SMILES string of the molecule is Cc1sc(C(=O)c2cncnc2N[C@@H]2C[C@H](COS(N)(=O)=O)[C@@H](O)[C@H]2O)cc1[C@@H]1OCCc2ccccc21. The van der Waals surface area contributed by atoms with Crippen molar-refractivity contribution >= 4 is 33.2 Å². The lowest BCUT2D eigenvalue weighted by Gasteiger charge is -2.26. The van der Waals surface area contributed by atoms with E-state index in [1.54, 1.807) is 0 Å². The van der Waals surface area contributed by atoms with Crippen molar-refractivity contribution < 1.29 is 32.3 Å². The number of hydrogen-bond donors (Lipinski definition) is 4. The van der Waals surface area contributed by atoms with Crippen LogP contribution < -0.4 is 10.5 Å². The van der Waals surface area contributed by atoms with Crippen LogP contribution >= 0.6 is 11.3 Å². The molecule has 2 aliphatic rings. The largest absolute Gasteiger partial charge is 0.390 e. The number of aliphatic hydroxyl groups is 2. The van der Waals surface area contributed by atoms with E-state index in [1.165, 1.54) is 29.4 Å². The lowest BCUT2D eigenvalue weighted by atomic mass is 9.93. The number of nitrogens with one attached hydrogen (secondary N) is 1. The quantitative estimate of drug-likeness (QED) is 0.296. The number of aromatic nitrogens is 2. The molecular weight excluding hydrogens is 532 g/mol. The zero-order chi connectivity index (χ0) is 27.0. The molecular formula is C25H28N4O7S2. The highest BCUT2D eigenvalue weighted by molar-refractivity contribution is 7.84. The Morgan fingerprint density at radius 3 is 2.84 bits per heavy atom. The van der Waals surface area contributed by atoms with Crippen LogP contribution in [0.25, 0.3) is 0 Å². The number of carbonyl (C=O) groups is 1. The fraction of sp³-hybridized carbons (Fsp3) is 0.400. The molecule has 1 fully saturated rings. The van der Waals surface area contributed by atoms with Gasteiger partial charge >= 0.3 is 10.3 Å². The lowest BCUT2D eigenvalue weighted by Crippen LogP contribution is -2.36. The molecule has 5 rings (SSSR count). The van der Waals surface area contributed by atoms with Crippen molar-refractivity contribution in [3.05, 3.63) is 74.9 Å². The van der Waals surface area contributed by atoms with Crippen molar-refractivity contribution in [2.45, 2.75) is 44.1 Å². The molecule has 0 bridgehead atoms. The van der Waals surface area contributed by atoms with Crippen LogP contribution in [0.3, 0.4) is 0 Å². The van der Waals surface area contributed by atoms with E-state index in [4.69, 9.17) is 9.88 Å². The van der Waals surface area contributed by atoms with E-state index < -0.39 is 34.5 Å². The first-order valence-electron chi connectivity index (χ1n) is 12.1. The summed E-state index contributed by atoms with van der Waals surface area (Å²) in [5.41, 5.74) is 3.47. The molecule has 5 N–H and O–H groups in total. The molecule has 0 radical (unpaired) electrons. The van der Waals surface area contributed by atoms with E-state index in [-0.39, 0.29) is 36.3 Å². The maximum Gasteiger partial charge on any atom is 0.333 e. The third-order valence-electron chi connectivity index (χ3n) is 6.98. The van der Waals surface area contributed by atoms with E-state index in [9.17, 15) is 23.4 Å². The number of thiophene rings is 1. The second kappa shape index (κ2) is 10.8. The number of aryl methyl sites for hydroxylation is 1. The zero-order valence-corrected chi connectivity index (χ0v) is 22.1. The molecule has 1 aliphatic carbocycles. The van der Waals surface area contributed by atoms with Gasteiger partial charge in [-0.25, -0.2) is 15.1 Å². The van der Waals surface area contributed by atoms with Crippen LogP contribution in [0, 0.1) is 12.8 Å². The topological polar surface area (TPSA) is 174 Å². The highest BCUT2D eigenvalue weighted by Crippen LogP contribution is 2.38. The van der Waals surface area contributed by atoms with Crippen molar-refractivity contribution in [3.63, 3.8) is 0 Å². The second-order valence-electron chi connectivity index (χ2n) is 9.44. The predicted molar refractivity (Wildman–Crippen MR) is 139 cm³/mol. The van der Waals surface area contributed by atoms with Gasteiger partial charge in [0.2, 0.25) is 5.78 Å². The minimum atomic E-state index is -4.19. The first kappa shape index (κ1) is 26.8. The Bertz CT molecular complexity index is 1440. The molecule has 11 nitrogen and oxygen atoms in total. The summed E-state index contributed by atoms with van der Waals surface area (Å²) in [7, 11) is -4.19. The third-order valence-corrected chi connectivity index (χ3v) is 8.51. The molecule has 0 amide bonds. The van der Waals surface area contributed by atoms with Gasteiger partial charge in [-0.3, -0.25) is 8.98 Å². The molecule has 38 heavy (non-hydrogen) atoms. The number of nitrogens with zero attached hydrogens (tertiary/aromatic N) is 2. The van der Waals surface area contributed by atoms with Gasteiger partial charge in [0.25, 0.3) is 0 Å². The maximum atomic E-state index is 13.6. The van der Waals surface area contributed by atoms with Crippen LogP contribution in [0.1, 0.15) is 49.3 Å². The Kier molecular flexibility index (Phi) is 7.60. The highest BCUT2D eigenvalue weighted by atomic mass is 32.2. The Balaban J connectivity index is 1.36. The average Bonchev–Trinajstić information content (AvgIpc) is 3.41. The summed E-state index contributed by atoms with van der Waals surface area (Å²) in [5.74, 6) is -0.789. The summed E-state index contributed by atoms with van der Waals surface area (Å²) >= 11 is 1.36. The van der Waals surface area contributed by atoms with Crippen molar-refractivity contribution in [3.8, 4) is 0 Å². The van der Waals surface area contributed by atoms with Gasteiger partial charge < -0.3 is 20.3 Å². The minimum absolute atomic E-state index is 0.163. The zero-order valence-electron chi connectivity index (χ0n) is 20.5. The van der Waals surface area contributed by atoms with Gasteiger partial charge in [0.05, 0.1) is 35.8 Å². The first-order chi connectivity index (χ1) is 18.1. The Morgan fingerprint density at radius 2 is 2.05 bits per heavy atom. The molecule has 0 spiro atoms. The normalized spacial score (nSPS) is 25.2. The van der Waals surface area contributed by atoms with Gasteiger partial charge in [-0.2, -0.15) is 8.42 Å². The van der Waals surface area contributed by atoms with Crippen molar-refractivity contribution in [2.24, 2.45) is 11.1 Å². The number of ketones is 1. The number of carbonyl (C=O) groups excluding carboxylic acids is 1. The van der Waals surface area contributed by atoms with Crippen molar-refractivity contribution in [2.75, 3.05) is 18.5 Å². The van der Waals surface area contributed by atoms with E-state index in [0.29, 0.717) is 11.5 Å². The molecule has 0 unspecified atom stereocenters. The van der Waals surface area contributed by atoms with Gasteiger partial charge in [0, 0.05) is 17.0 Å². The summed E-state index contributed by atoms with van der Waals surface area (Å²) in [6.07, 6.45) is 0.922. The second-order valence-corrected chi connectivity index (χ2v) is 11.9. The van der Waals surface area contributed by atoms with E-state index in [2.05, 4.69) is 25.5 Å². The van der Waals surface area contributed by atoms with Crippen molar-refractivity contribution in [1.82, 2.24) is 9.97 Å². The number of hydrogen-bond acceptors (Lipinski definition) is 11. The summed E-state index contributed by atoms with van der Waals surface area (Å²) in [6.45, 7) is 2.17. The number of aliphatic hydroxyl groups excluding tert-OH is 2. The number of ether oxygens (including phenoxy) is 1. The van der Waals surface area contributed by atoms with E-state index in [0.717, 1.165) is 22.4 Å². The van der Waals surface area contributed by atoms with Crippen LogP contribution in [0.2, 0.25) is 0 Å². The fourth-order valence-corrected chi connectivity index (χ4v) is 6.42. The third kappa shape index (κ3) is 5.50. The molecule has 3 aromatic rings. The average molecular weight is 561 g/mol. The molecule has 2 aromatic heterocycles. The molecule has 13 heteroatoms. The van der Waals surface area contributed by atoms with Crippen LogP contribution in [0.4, 0.5) is 5.82 Å². The highest BCUT2D eigenvalue weighted by Gasteiger charge is 2.42. The van der Waals surface area contributed by atoms with Gasteiger partial charge in [-0.05, 0) is 42.5 Å². The molecule has 1 aromatic carbocycles. The molecule has 3 heterocycles. The Hall–Kier alpha value is -2.78. The van der Waals surface area contributed by atoms with Gasteiger partial charge in [-0.15, -0.1) is 11.3 Å². The van der Waals surface area contributed by atoms with Gasteiger partial charge in [-0.1, -0.05) is 24.3 Å². The first-order valence-corrected chi connectivity index (χ1v) is 14.4. The molecule has 202 valence electrons. The number of anilines is 1. The summed E-state index contributed by atoms with van der Waals surface area (Å²) in [6, 6.07) is 9.27. The monoisotopic (exact) mass is 560 g/mol. The van der Waals surface area contributed by atoms with E-state index >= 15 is 0 Å². The van der Waals surface area contributed by atoms with Crippen LogP contribution in [0.5, 0.6) is 0 Å². The van der Waals surface area contributed by atoms with Gasteiger partial charge in [0.15, 0.2) is 0 Å². The fourth-order valence-electron chi connectivity index (χ4n) is 5.05. The summed E-state index contributed by atoms with van der Waals surface area (Å²) in [5, 5.41) is 28.8. The molecule has 5 atom stereocenters. The number of benzene rings is 1. The lowest BCUT2D eigenvalue weighted by molar-refractivity contribution is 0.00778. The maximum absolute atomic E-state index is 13.6. The van der Waals surface area contributed by atoms with Crippen LogP contribution in [-0.4, -0.2) is 65.8 Å². The Labute approximate surface area is 223 Å². The molecule has 0 saturated heterocycles. The molecule has 1 saturated carbocycles. The smallest absolute Gasteiger partial charge is 0.333 e. The standard InChI is InChI=1S/C25H28N4O7S2/c1-13-17(24-16-5-3-2-4-14(16)6-7-35-24)9-20(37-13)22(31)18-10-27-12-28-25(18)29-19-8-15(21(30)23(19)32)11-36-38(26,33)34/h2-5,9-10,12,15,19,21,23-24,30,32H,6-8,11H2,1H3,(H2,26,33,34)(H,27,28,29)/t15-,19-,21-,23+,24-/m1/s1. The van der Waals surface area contributed by atoms with Gasteiger partial charge in [0.1, 0.15) is 24.4 Å². The summed E-state index contributed by atoms with van der Waals surface area (Å²) in [4.78, 5) is 23.3. The predicted octanol–water partition coefficient (Wildman–Crippen LogP) is 1.48. The number of rotatable bonds is 8. The van der Waals surface area contributed by atoms with Crippen molar-refractivity contribution in [1.29, 1.82) is 0 Å². The number of nitrogens with two attached hydrogens (primary N) is 1. The van der Waals surface area contributed by atoms with Crippen LogP contribution in [0.15, 0.2) is 42.9 Å². The molecule has 1 aliphatic heterocycles. The van der Waals surface area contributed by atoms with Crippen LogP contribution in [-0.2, 0) is 25.6 Å². The summed E-state index contributed by atoms with van der Waals surface area (Å²) < 4.78 is 33.0. The number of fused-ring (bicyclic) bond motifs is 1. The Morgan fingerprint density at radius 1 is 1.26 bits per heavy atom.